The first kappa shape index (κ1) is 14.5. The first-order valence-corrected chi connectivity index (χ1v) is 8.86. The fourth-order valence-corrected chi connectivity index (χ4v) is 3.96. The molecule has 0 atom stereocenters. The van der Waals surface area contributed by atoms with Crippen molar-refractivity contribution in [3.63, 3.8) is 0 Å². The van der Waals surface area contributed by atoms with Crippen molar-refractivity contribution in [2.75, 3.05) is 5.32 Å². The molecule has 23 heavy (non-hydrogen) atoms. The SMILES string of the molecule is CC1(C(=O)Nc2ccc(-c3cn4ccsc4n3)cc2)CCCC1. The number of rotatable bonds is 3. The zero-order chi connectivity index (χ0) is 15.9. The van der Waals surface area contributed by atoms with Gasteiger partial charge in [0.05, 0.1) is 5.69 Å². The number of imidazole rings is 1. The summed E-state index contributed by atoms with van der Waals surface area (Å²) in [6.07, 6.45) is 8.32. The summed E-state index contributed by atoms with van der Waals surface area (Å²) in [7, 11) is 0. The van der Waals surface area contributed by atoms with Crippen LogP contribution >= 0.6 is 11.3 Å². The maximum absolute atomic E-state index is 12.4. The topological polar surface area (TPSA) is 46.4 Å². The highest BCUT2D eigenvalue weighted by Gasteiger charge is 2.36. The number of thiazole rings is 1. The molecule has 0 aliphatic heterocycles. The van der Waals surface area contributed by atoms with Gasteiger partial charge in [-0.2, -0.15) is 0 Å². The predicted octanol–water partition coefficient (Wildman–Crippen LogP) is 4.58. The Balaban J connectivity index is 1.51. The lowest BCUT2D eigenvalue weighted by Crippen LogP contribution is -2.30. The van der Waals surface area contributed by atoms with E-state index in [0.717, 1.165) is 47.6 Å². The molecule has 1 saturated carbocycles. The van der Waals surface area contributed by atoms with Crippen molar-refractivity contribution in [2.45, 2.75) is 32.6 Å². The third-order valence-electron chi connectivity index (χ3n) is 4.79. The number of carbonyl (C=O) groups excluding carboxylic acids is 1. The van der Waals surface area contributed by atoms with Crippen LogP contribution < -0.4 is 5.32 Å². The molecular formula is C18H19N3OS. The summed E-state index contributed by atoms with van der Waals surface area (Å²) in [5.74, 6) is 0.144. The Bertz CT molecular complexity index is 812. The van der Waals surface area contributed by atoms with E-state index in [4.69, 9.17) is 0 Å². The maximum Gasteiger partial charge on any atom is 0.230 e. The molecule has 3 aromatic rings. The van der Waals surface area contributed by atoms with Crippen molar-refractivity contribution in [3.8, 4) is 11.3 Å². The van der Waals surface area contributed by atoms with Crippen LogP contribution in [0.4, 0.5) is 5.69 Å². The Kier molecular flexibility index (Phi) is 3.45. The van der Waals surface area contributed by atoms with Crippen molar-refractivity contribution in [3.05, 3.63) is 42.0 Å². The summed E-state index contributed by atoms with van der Waals surface area (Å²) in [6, 6.07) is 7.94. The molecule has 0 bridgehead atoms. The summed E-state index contributed by atoms with van der Waals surface area (Å²) in [5.41, 5.74) is 2.67. The Hall–Kier alpha value is -2.14. The predicted molar refractivity (Wildman–Crippen MR) is 93.7 cm³/mol. The van der Waals surface area contributed by atoms with Crippen molar-refractivity contribution < 1.29 is 4.79 Å². The summed E-state index contributed by atoms with van der Waals surface area (Å²) >= 11 is 1.62. The van der Waals surface area contributed by atoms with E-state index >= 15 is 0 Å². The fraction of sp³-hybridized carbons (Fsp3) is 0.333. The zero-order valence-corrected chi connectivity index (χ0v) is 13.9. The van der Waals surface area contributed by atoms with Gasteiger partial charge in [-0.05, 0) is 25.0 Å². The van der Waals surface area contributed by atoms with E-state index in [-0.39, 0.29) is 11.3 Å². The lowest BCUT2D eigenvalue weighted by Gasteiger charge is -2.22. The highest BCUT2D eigenvalue weighted by Crippen LogP contribution is 2.38. The molecule has 1 aliphatic rings. The Morgan fingerprint density at radius 2 is 2.00 bits per heavy atom. The lowest BCUT2D eigenvalue weighted by atomic mass is 9.88. The molecular weight excluding hydrogens is 306 g/mol. The van der Waals surface area contributed by atoms with Gasteiger partial charge in [-0.25, -0.2) is 4.98 Å². The number of anilines is 1. The van der Waals surface area contributed by atoms with E-state index < -0.39 is 0 Å². The van der Waals surface area contributed by atoms with E-state index in [9.17, 15) is 4.79 Å². The smallest absolute Gasteiger partial charge is 0.230 e. The van der Waals surface area contributed by atoms with Gasteiger partial charge in [0.1, 0.15) is 0 Å². The first-order chi connectivity index (χ1) is 11.1. The number of nitrogens with zero attached hydrogens (tertiary/aromatic N) is 2. The average Bonchev–Trinajstić information content (AvgIpc) is 3.24. The van der Waals surface area contributed by atoms with Gasteiger partial charge in [0.25, 0.3) is 0 Å². The second-order valence-corrected chi connectivity index (χ2v) is 7.39. The number of amides is 1. The van der Waals surface area contributed by atoms with Crippen molar-refractivity contribution in [2.24, 2.45) is 5.41 Å². The van der Waals surface area contributed by atoms with Gasteiger partial charge in [-0.15, -0.1) is 11.3 Å². The Labute approximate surface area is 139 Å². The second kappa shape index (κ2) is 5.49. The second-order valence-electron chi connectivity index (χ2n) is 6.52. The van der Waals surface area contributed by atoms with Crippen LogP contribution in [0, 0.1) is 5.41 Å². The molecule has 0 saturated heterocycles. The zero-order valence-electron chi connectivity index (χ0n) is 13.1. The standard InChI is InChI=1S/C18H19N3OS/c1-18(8-2-3-9-18)16(22)19-14-6-4-13(5-7-14)15-12-21-10-11-23-17(21)20-15/h4-7,10-12H,2-3,8-9H2,1H3,(H,19,22). The molecule has 2 aromatic heterocycles. The third-order valence-corrected chi connectivity index (χ3v) is 5.56. The van der Waals surface area contributed by atoms with Crippen LogP contribution in [0.5, 0.6) is 0 Å². The number of hydrogen-bond acceptors (Lipinski definition) is 3. The third kappa shape index (κ3) is 2.65. The van der Waals surface area contributed by atoms with Gasteiger partial charge in [0, 0.05) is 34.4 Å². The lowest BCUT2D eigenvalue weighted by molar-refractivity contribution is -0.124. The number of carbonyl (C=O) groups is 1. The molecule has 4 nitrogen and oxygen atoms in total. The van der Waals surface area contributed by atoms with Crippen LogP contribution in [-0.2, 0) is 4.79 Å². The van der Waals surface area contributed by atoms with Gasteiger partial charge in [0.15, 0.2) is 4.96 Å². The molecule has 1 aliphatic carbocycles. The number of hydrogen-bond donors (Lipinski definition) is 1. The molecule has 1 fully saturated rings. The van der Waals surface area contributed by atoms with Gasteiger partial charge < -0.3 is 5.32 Å². The molecule has 1 amide bonds. The minimum Gasteiger partial charge on any atom is -0.326 e. The molecule has 4 rings (SSSR count). The quantitative estimate of drug-likeness (QED) is 0.766. The molecule has 5 heteroatoms. The number of fused-ring (bicyclic) bond motifs is 1. The van der Waals surface area contributed by atoms with Gasteiger partial charge in [-0.3, -0.25) is 9.20 Å². The monoisotopic (exact) mass is 325 g/mol. The highest BCUT2D eigenvalue weighted by molar-refractivity contribution is 7.15. The molecule has 1 aromatic carbocycles. The van der Waals surface area contributed by atoms with Gasteiger partial charge >= 0.3 is 0 Å². The van der Waals surface area contributed by atoms with E-state index in [1.807, 2.05) is 46.4 Å². The maximum atomic E-state index is 12.4. The molecule has 118 valence electrons. The average molecular weight is 325 g/mol. The molecule has 0 unspecified atom stereocenters. The van der Waals surface area contributed by atoms with E-state index in [2.05, 4.69) is 17.2 Å². The van der Waals surface area contributed by atoms with Crippen LogP contribution in [-0.4, -0.2) is 15.3 Å². The van der Waals surface area contributed by atoms with Gasteiger partial charge in [0.2, 0.25) is 5.91 Å². The minimum absolute atomic E-state index is 0.144. The first-order valence-electron chi connectivity index (χ1n) is 7.98. The molecule has 2 heterocycles. The Morgan fingerprint density at radius 3 is 2.70 bits per heavy atom. The molecule has 1 N–H and O–H groups in total. The van der Waals surface area contributed by atoms with Gasteiger partial charge in [-0.1, -0.05) is 31.9 Å². The summed E-state index contributed by atoms with van der Waals surface area (Å²) in [4.78, 5) is 18.0. The van der Waals surface area contributed by atoms with Crippen LogP contribution in [0.1, 0.15) is 32.6 Å². The highest BCUT2D eigenvalue weighted by atomic mass is 32.1. The summed E-state index contributed by atoms with van der Waals surface area (Å²) in [6.45, 7) is 2.07. The van der Waals surface area contributed by atoms with Crippen molar-refractivity contribution >= 4 is 27.9 Å². The number of aromatic nitrogens is 2. The summed E-state index contributed by atoms with van der Waals surface area (Å²) < 4.78 is 2.02. The van der Waals surface area contributed by atoms with Crippen molar-refractivity contribution in [1.29, 1.82) is 0 Å². The number of benzene rings is 1. The molecule has 0 spiro atoms. The van der Waals surface area contributed by atoms with Crippen LogP contribution in [0.15, 0.2) is 42.0 Å². The Morgan fingerprint density at radius 1 is 1.26 bits per heavy atom. The minimum atomic E-state index is -0.201. The van der Waals surface area contributed by atoms with Crippen LogP contribution in [0.3, 0.4) is 0 Å². The summed E-state index contributed by atoms with van der Waals surface area (Å²) in [5, 5.41) is 5.08. The largest absolute Gasteiger partial charge is 0.326 e. The normalized spacial score (nSPS) is 16.7. The van der Waals surface area contributed by atoms with E-state index in [0.29, 0.717) is 0 Å². The number of nitrogens with one attached hydrogen (secondary N) is 1. The fourth-order valence-electron chi connectivity index (χ4n) is 3.26. The van der Waals surface area contributed by atoms with E-state index in [1.165, 1.54) is 0 Å². The van der Waals surface area contributed by atoms with Crippen LogP contribution in [0.2, 0.25) is 0 Å². The van der Waals surface area contributed by atoms with E-state index in [1.54, 1.807) is 11.3 Å². The molecule has 0 radical (unpaired) electrons. The van der Waals surface area contributed by atoms with Crippen molar-refractivity contribution in [1.82, 2.24) is 9.38 Å². The van der Waals surface area contributed by atoms with Crippen LogP contribution in [0.25, 0.3) is 16.2 Å².